The summed E-state index contributed by atoms with van der Waals surface area (Å²) in [6, 6.07) is 2.36. The van der Waals surface area contributed by atoms with Crippen molar-refractivity contribution in [3.8, 4) is 0 Å². The van der Waals surface area contributed by atoms with Gasteiger partial charge in [0.1, 0.15) is 12.4 Å². The Kier molecular flexibility index (Phi) is 7.62. The maximum atomic E-state index is 13.1. The van der Waals surface area contributed by atoms with Gasteiger partial charge in [-0.05, 0) is 24.6 Å². The Labute approximate surface area is 164 Å². The van der Waals surface area contributed by atoms with E-state index in [9.17, 15) is 27.2 Å². The third kappa shape index (κ3) is 6.92. The zero-order chi connectivity index (χ0) is 20.9. The minimum atomic E-state index is -4.55. The van der Waals surface area contributed by atoms with Gasteiger partial charge in [-0.15, -0.1) is 0 Å². The molecule has 0 spiro atoms. The van der Waals surface area contributed by atoms with E-state index in [4.69, 9.17) is 11.6 Å². The second-order valence-electron chi connectivity index (χ2n) is 6.51. The van der Waals surface area contributed by atoms with Crippen LogP contribution in [0.2, 0.25) is 5.02 Å². The molecule has 0 saturated carbocycles. The summed E-state index contributed by atoms with van der Waals surface area (Å²) in [5.41, 5.74) is 0.795. The molecule has 156 valence electrons. The first-order chi connectivity index (χ1) is 13.0. The molecule has 1 aromatic carbocycles. The van der Waals surface area contributed by atoms with Gasteiger partial charge in [0.25, 0.3) is 0 Å². The van der Waals surface area contributed by atoms with Gasteiger partial charge >= 0.3 is 12.2 Å². The molecule has 0 bridgehead atoms. The van der Waals surface area contributed by atoms with E-state index in [0.29, 0.717) is 37.7 Å². The van der Waals surface area contributed by atoms with Crippen molar-refractivity contribution in [3.63, 3.8) is 0 Å². The number of nitrogens with one attached hydrogen (secondary N) is 2. The molecule has 1 atom stereocenters. The van der Waals surface area contributed by atoms with Crippen LogP contribution in [0.15, 0.2) is 18.2 Å². The fourth-order valence-electron chi connectivity index (χ4n) is 2.81. The number of carbonyl (C=O) groups excluding carboxylic acids is 2. The lowest BCUT2D eigenvalue weighted by Gasteiger charge is -2.37. The third-order valence-corrected chi connectivity index (χ3v) is 4.78. The van der Waals surface area contributed by atoms with Crippen molar-refractivity contribution in [2.75, 3.05) is 32.7 Å². The summed E-state index contributed by atoms with van der Waals surface area (Å²) in [6.45, 7) is 2.89. The average molecular weight is 425 g/mol. The van der Waals surface area contributed by atoms with Gasteiger partial charge in [0, 0.05) is 37.7 Å². The molecule has 1 fully saturated rings. The molecule has 2 rings (SSSR count). The summed E-state index contributed by atoms with van der Waals surface area (Å²) in [7, 11) is 0. The second kappa shape index (κ2) is 9.53. The first-order valence-corrected chi connectivity index (χ1v) is 8.99. The highest BCUT2D eigenvalue weighted by molar-refractivity contribution is 6.31. The minimum absolute atomic E-state index is 0.347. The van der Waals surface area contributed by atoms with Gasteiger partial charge < -0.3 is 5.32 Å². The largest absolute Gasteiger partial charge is 0.405 e. The Morgan fingerprint density at radius 1 is 1.21 bits per heavy atom. The van der Waals surface area contributed by atoms with Crippen molar-refractivity contribution in [3.05, 3.63) is 34.6 Å². The van der Waals surface area contributed by atoms with Gasteiger partial charge in [0.2, 0.25) is 5.91 Å². The van der Waals surface area contributed by atoms with Crippen molar-refractivity contribution in [2.45, 2.75) is 25.7 Å². The van der Waals surface area contributed by atoms with E-state index in [1.54, 1.807) is 18.3 Å². The van der Waals surface area contributed by atoms with Gasteiger partial charge in [-0.25, -0.2) is 9.18 Å². The van der Waals surface area contributed by atoms with Crippen LogP contribution in [0.4, 0.5) is 22.4 Å². The van der Waals surface area contributed by atoms with E-state index in [1.807, 2.05) is 10.2 Å². The summed E-state index contributed by atoms with van der Waals surface area (Å²) in [5, 5.41) is 3.86. The average Bonchev–Trinajstić information content (AvgIpc) is 2.62. The second-order valence-corrected chi connectivity index (χ2v) is 6.92. The Bertz CT molecular complexity index is 709. The van der Waals surface area contributed by atoms with Gasteiger partial charge in [-0.3, -0.25) is 19.9 Å². The molecule has 0 unspecified atom stereocenters. The molecule has 11 heteroatoms. The van der Waals surface area contributed by atoms with Crippen molar-refractivity contribution in [1.29, 1.82) is 0 Å². The number of benzene rings is 1. The quantitative estimate of drug-likeness (QED) is 0.712. The summed E-state index contributed by atoms with van der Waals surface area (Å²) >= 11 is 6.03. The number of carbonyl (C=O) groups is 2. The number of hydrogen-bond acceptors (Lipinski definition) is 4. The molecule has 28 heavy (non-hydrogen) atoms. The van der Waals surface area contributed by atoms with Crippen LogP contribution in [0.5, 0.6) is 0 Å². The number of amides is 3. The smallest absolute Gasteiger partial charge is 0.329 e. The minimum Gasteiger partial charge on any atom is -0.329 e. The van der Waals surface area contributed by atoms with Gasteiger partial charge in [-0.1, -0.05) is 17.7 Å². The molecule has 1 heterocycles. The van der Waals surface area contributed by atoms with Crippen LogP contribution in [0, 0.1) is 5.82 Å². The van der Waals surface area contributed by atoms with Crippen molar-refractivity contribution in [1.82, 2.24) is 20.4 Å². The maximum absolute atomic E-state index is 13.1. The highest BCUT2D eigenvalue weighted by Crippen LogP contribution is 2.20. The molecule has 0 aromatic heterocycles. The van der Waals surface area contributed by atoms with Crippen molar-refractivity contribution in [2.24, 2.45) is 0 Å². The Balaban J connectivity index is 1.78. The Morgan fingerprint density at radius 3 is 2.43 bits per heavy atom. The monoisotopic (exact) mass is 424 g/mol. The van der Waals surface area contributed by atoms with E-state index in [1.165, 1.54) is 12.1 Å². The normalized spacial score (nSPS) is 17.2. The van der Waals surface area contributed by atoms with Gasteiger partial charge in [0.05, 0.1) is 6.04 Å². The van der Waals surface area contributed by atoms with Crippen LogP contribution in [0.1, 0.15) is 12.5 Å². The van der Waals surface area contributed by atoms with Gasteiger partial charge in [-0.2, -0.15) is 13.2 Å². The fraction of sp³-hybridized carbons (Fsp3) is 0.529. The number of halogens is 5. The summed E-state index contributed by atoms with van der Waals surface area (Å²) in [4.78, 5) is 27.4. The molecule has 1 aromatic rings. The van der Waals surface area contributed by atoms with E-state index >= 15 is 0 Å². The lowest BCUT2D eigenvalue weighted by Crippen LogP contribution is -2.55. The standard InChI is InChI=1S/C17H21ClF4N4O2/c1-11(15(27)24-16(28)23-10-17(20,21)22)26-6-4-25(5-7-26)9-12-2-3-13(19)8-14(12)18/h2-3,8,11H,4-7,9-10H2,1H3,(H2,23,24,27,28)/t11-/m1/s1. The highest BCUT2D eigenvalue weighted by Gasteiger charge is 2.30. The third-order valence-electron chi connectivity index (χ3n) is 4.43. The molecule has 3 amide bonds. The Hall–Kier alpha value is -1.91. The molecule has 0 radical (unpaired) electrons. The molecule has 6 nitrogen and oxygen atoms in total. The number of piperazine rings is 1. The molecule has 1 saturated heterocycles. The molecular weight excluding hydrogens is 404 g/mol. The number of imide groups is 1. The van der Waals surface area contributed by atoms with E-state index in [-0.39, 0.29) is 0 Å². The Morgan fingerprint density at radius 2 is 1.86 bits per heavy atom. The van der Waals surface area contributed by atoms with Crippen LogP contribution in [-0.4, -0.2) is 66.7 Å². The predicted octanol–water partition coefficient (Wildman–Crippen LogP) is 2.37. The van der Waals surface area contributed by atoms with Crippen LogP contribution >= 0.6 is 11.6 Å². The SMILES string of the molecule is C[C@H](C(=O)NC(=O)NCC(F)(F)F)N1CCN(Cc2ccc(F)cc2Cl)CC1. The van der Waals surface area contributed by atoms with Crippen molar-refractivity contribution < 1.29 is 27.2 Å². The first kappa shape index (κ1) is 22.4. The van der Waals surface area contributed by atoms with E-state index in [2.05, 4.69) is 4.90 Å². The number of rotatable bonds is 5. The molecule has 2 N–H and O–H groups in total. The zero-order valence-electron chi connectivity index (χ0n) is 15.2. The number of nitrogens with zero attached hydrogens (tertiary/aromatic N) is 2. The number of alkyl halides is 3. The molecular formula is C17H21ClF4N4O2. The fourth-order valence-corrected chi connectivity index (χ4v) is 3.03. The van der Waals surface area contributed by atoms with Crippen LogP contribution in [0.25, 0.3) is 0 Å². The van der Waals surface area contributed by atoms with Gasteiger partial charge in [0.15, 0.2) is 0 Å². The van der Waals surface area contributed by atoms with E-state index in [0.717, 1.165) is 5.56 Å². The van der Waals surface area contributed by atoms with Crippen LogP contribution in [0.3, 0.4) is 0 Å². The summed E-state index contributed by atoms with van der Waals surface area (Å²) < 4.78 is 49.3. The molecule has 1 aliphatic heterocycles. The molecule has 0 aliphatic carbocycles. The van der Waals surface area contributed by atoms with Crippen LogP contribution in [-0.2, 0) is 11.3 Å². The topological polar surface area (TPSA) is 64.7 Å². The zero-order valence-corrected chi connectivity index (χ0v) is 15.9. The molecule has 1 aliphatic rings. The maximum Gasteiger partial charge on any atom is 0.405 e. The number of urea groups is 1. The number of hydrogen-bond donors (Lipinski definition) is 2. The first-order valence-electron chi connectivity index (χ1n) is 8.61. The summed E-state index contributed by atoms with van der Waals surface area (Å²) in [6.07, 6.45) is -4.55. The van der Waals surface area contributed by atoms with Crippen LogP contribution < -0.4 is 10.6 Å². The highest BCUT2D eigenvalue weighted by atomic mass is 35.5. The summed E-state index contributed by atoms with van der Waals surface area (Å²) in [5.74, 6) is -1.08. The lowest BCUT2D eigenvalue weighted by molar-refractivity contribution is -0.127. The lowest BCUT2D eigenvalue weighted by atomic mass is 10.1. The predicted molar refractivity (Wildman–Crippen MR) is 95.3 cm³/mol. The van der Waals surface area contributed by atoms with Crippen molar-refractivity contribution >= 4 is 23.5 Å². The van der Waals surface area contributed by atoms with E-state index < -0.39 is 36.5 Å².